The summed E-state index contributed by atoms with van der Waals surface area (Å²) in [6.45, 7) is 6.61. The van der Waals surface area contributed by atoms with Crippen molar-refractivity contribution in [1.29, 1.82) is 0 Å². The number of ether oxygens (including phenoxy) is 3. The van der Waals surface area contributed by atoms with Crippen LogP contribution in [0, 0.1) is 6.92 Å². The summed E-state index contributed by atoms with van der Waals surface area (Å²) in [5.74, 6) is 2.19. The zero-order chi connectivity index (χ0) is 16.8. The summed E-state index contributed by atoms with van der Waals surface area (Å²) in [7, 11) is 0. The molecular formula is C18H23N3O3. The molecule has 1 aromatic heterocycles. The maximum absolute atomic E-state index is 6.12. The first kappa shape index (κ1) is 16.5. The molecule has 6 heteroatoms. The lowest BCUT2D eigenvalue weighted by Crippen LogP contribution is -2.17. The van der Waals surface area contributed by atoms with Gasteiger partial charge in [-0.1, -0.05) is 12.1 Å². The molecule has 1 atom stereocenters. The fourth-order valence-corrected chi connectivity index (χ4v) is 2.55. The van der Waals surface area contributed by atoms with Gasteiger partial charge in [-0.2, -0.15) is 0 Å². The average molecular weight is 329 g/mol. The normalized spacial score (nSPS) is 16.8. The van der Waals surface area contributed by atoms with Gasteiger partial charge in [0, 0.05) is 24.6 Å². The number of benzene rings is 1. The van der Waals surface area contributed by atoms with E-state index in [0.717, 1.165) is 30.2 Å². The number of hydrogen-bond donors (Lipinski definition) is 1. The van der Waals surface area contributed by atoms with Gasteiger partial charge in [-0.15, -0.1) is 0 Å². The number of aryl methyl sites for hydroxylation is 1. The van der Waals surface area contributed by atoms with Gasteiger partial charge in [0.15, 0.2) is 0 Å². The predicted molar refractivity (Wildman–Crippen MR) is 91.6 cm³/mol. The Hall–Kier alpha value is -2.34. The van der Waals surface area contributed by atoms with Crippen LogP contribution in [0.4, 0.5) is 5.82 Å². The lowest BCUT2D eigenvalue weighted by molar-refractivity contribution is 0.140. The molecule has 3 rings (SSSR count). The van der Waals surface area contributed by atoms with Gasteiger partial charge in [-0.05, 0) is 25.5 Å². The highest BCUT2D eigenvalue weighted by Gasteiger charge is 2.18. The van der Waals surface area contributed by atoms with Gasteiger partial charge in [0.05, 0.1) is 19.8 Å². The average Bonchev–Trinajstić information content (AvgIpc) is 3.08. The smallest absolute Gasteiger partial charge is 0.218 e. The SMILES string of the molecule is CCOc1cc(NCc2ccc(C)cc2OC2CCOC2)ncn1. The first-order valence-corrected chi connectivity index (χ1v) is 8.27. The van der Waals surface area contributed by atoms with E-state index in [1.54, 1.807) is 6.07 Å². The van der Waals surface area contributed by atoms with Crippen LogP contribution in [-0.2, 0) is 11.3 Å². The highest BCUT2D eigenvalue weighted by atomic mass is 16.5. The van der Waals surface area contributed by atoms with E-state index in [1.807, 2.05) is 6.92 Å². The van der Waals surface area contributed by atoms with Crippen LogP contribution < -0.4 is 14.8 Å². The van der Waals surface area contributed by atoms with E-state index in [1.165, 1.54) is 11.9 Å². The molecule has 0 amide bonds. The summed E-state index contributed by atoms with van der Waals surface area (Å²) in [6, 6.07) is 8.03. The second-order valence-corrected chi connectivity index (χ2v) is 5.74. The van der Waals surface area contributed by atoms with Gasteiger partial charge in [0.1, 0.15) is 24.0 Å². The summed E-state index contributed by atoms with van der Waals surface area (Å²) in [4.78, 5) is 8.29. The van der Waals surface area contributed by atoms with Crippen LogP contribution in [0.15, 0.2) is 30.6 Å². The molecule has 0 saturated carbocycles. The first-order chi connectivity index (χ1) is 11.7. The molecule has 1 aromatic carbocycles. The van der Waals surface area contributed by atoms with Gasteiger partial charge >= 0.3 is 0 Å². The summed E-state index contributed by atoms with van der Waals surface area (Å²) in [5.41, 5.74) is 2.26. The molecule has 1 saturated heterocycles. The van der Waals surface area contributed by atoms with Crippen molar-refractivity contribution in [3.63, 3.8) is 0 Å². The topological polar surface area (TPSA) is 65.5 Å². The van der Waals surface area contributed by atoms with Gasteiger partial charge in [0.25, 0.3) is 0 Å². The third-order valence-electron chi connectivity index (χ3n) is 3.80. The Bertz CT molecular complexity index is 672. The van der Waals surface area contributed by atoms with Crippen LogP contribution >= 0.6 is 0 Å². The summed E-state index contributed by atoms with van der Waals surface area (Å²) >= 11 is 0. The Morgan fingerprint density at radius 1 is 1.29 bits per heavy atom. The molecule has 1 unspecified atom stereocenters. The van der Waals surface area contributed by atoms with E-state index in [9.17, 15) is 0 Å². The second kappa shape index (κ2) is 7.97. The van der Waals surface area contributed by atoms with Crippen molar-refractivity contribution in [2.75, 3.05) is 25.1 Å². The van der Waals surface area contributed by atoms with E-state index < -0.39 is 0 Å². The number of hydrogen-bond acceptors (Lipinski definition) is 6. The minimum absolute atomic E-state index is 0.133. The van der Waals surface area contributed by atoms with Crippen LogP contribution in [0.2, 0.25) is 0 Å². The maximum atomic E-state index is 6.12. The molecule has 24 heavy (non-hydrogen) atoms. The minimum atomic E-state index is 0.133. The van der Waals surface area contributed by atoms with Crippen LogP contribution in [0.5, 0.6) is 11.6 Å². The van der Waals surface area contributed by atoms with E-state index in [2.05, 4.69) is 40.4 Å². The second-order valence-electron chi connectivity index (χ2n) is 5.74. The summed E-state index contributed by atoms with van der Waals surface area (Å²) < 4.78 is 16.9. The summed E-state index contributed by atoms with van der Waals surface area (Å²) in [6.07, 6.45) is 2.56. The van der Waals surface area contributed by atoms with Crippen molar-refractivity contribution in [2.45, 2.75) is 32.9 Å². The fraction of sp³-hybridized carbons (Fsp3) is 0.444. The van der Waals surface area contributed by atoms with Crippen molar-refractivity contribution in [3.05, 3.63) is 41.7 Å². The number of aromatic nitrogens is 2. The molecule has 1 fully saturated rings. The molecule has 2 aromatic rings. The Morgan fingerprint density at radius 3 is 3.00 bits per heavy atom. The third-order valence-corrected chi connectivity index (χ3v) is 3.80. The van der Waals surface area contributed by atoms with Gasteiger partial charge < -0.3 is 19.5 Å². The number of nitrogens with one attached hydrogen (secondary N) is 1. The van der Waals surface area contributed by atoms with Crippen LogP contribution in [0.1, 0.15) is 24.5 Å². The molecule has 128 valence electrons. The molecule has 0 aliphatic carbocycles. The first-order valence-electron chi connectivity index (χ1n) is 8.27. The lowest BCUT2D eigenvalue weighted by Gasteiger charge is -2.17. The molecule has 1 N–H and O–H groups in total. The Labute approximate surface area is 142 Å². The van der Waals surface area contributed by atoms with Crippen molar-refractivity contribution in [2.24, 2.45) is 0 Å². The van der Waals surface area contributed by atoms with E-state index in [-0.39, 0.29) is 6.10 Å². The maximum Gasteiger partial charge on any atom is 0.218 e. The molecule has 0 bridgehead atoms. The minimum Gasteiger partial charge on any atom is -0.488 e. The molecule has 2 heterocycles. The zero-order valence-corrected chi connectivity index (χ0v) is 14.1. The molecule has 0 radical (unpaired) electrons. The van der Waals surface area contributed by atoms with Crippen molar-refractivity contribution < 1.29 is 14.2 Å². The standard InChI is InChI=1S/C18H23N3O3/c1-3-23-18-9-17(20-12-21-18)19-10-14-5-4-13(2)8-16(14)24-15-6-7-22-11-15/h4-5,8-9,12,15H,3,6-7,10-11H2,1-2H3,(H,19,20,21). The zero-order valence-electron chi connectivity index (χ0n) is 14.1. The summed E-state index contributed by atoms with van der Waals surface area (Å²) in [5, 5.41) is 3.30. The molecule has 1 aliphatic rings. The number of anilines is 1. The van der Waals surface area contributed by atoms with E-state index in [0.29, 0.717) is 25.6 Å². The van der Waals surface area contributed by atoms with Crippen LogP contribution in [-0.4, -0.2) is 35.9 Å². The predicted octanol–water partition coefficient (Wildman–Crippen LogP) is 2.96. The Morgan fingerprint density at radius 2 is 2.21 bits per heavy atom. The van der Waals surface area contributed by atoms with E-state index >= 15 is 0 Å². The molecular weight excluding hydrogens is 306 g/mol. The fourth-order valence-electron chi connectivity index (χ4n) is 2.55. The largest absolute Gasteiger partial charge is 0.488 e. The van der Waals surface area contributed by atoms with Gasteiger partial charge in [0.2, 0.25) is 5.88 Å². The highest BCUT2D eigenvalue weighted by Crippen LogP contribution is 2.25. The van der Waals surface area contributed by atoms with Crippen molar-refractivity contribution in [1.82, 2.24) is 9.97 Å². The van der Waals surface area contributed by atoms with Crippen molar-refractivity contribution in [3.8, 4) is 11.6 Å². The Balaban J connectivity index is 1.68. The highest BCUT2D eigenvalue weighted by molar-refractivity contribution is 5.42. The quantitative estimate of drug-likeness (QED) is 0.842. The van der Waals surface area contributed by atoms with E-state index in [4.69, 9.17) is 14.2 Å². The molecule has 0 spiro atoms. The van der Waals surface area contributed by atoms with Gasteiger partial charge in [-0.25, -0.2) is 9.97 Å². The van der Waals surface area contributed by atoms with Crippen molar-refractivity contribution >= 4 is 5.82 Å². The lowest BCUT2D eigenvalue weighted by atomic mass is 10.1. The molecule has 6 nitrogen and oxygen atoms in total. The Kier molecular flexibility index (Phi) is 5.48. The number of rotatable bonds is 7. The van der Waals surface area contributed by atoms with Crippen LogP contribution in [0.25, 0.3) is 0 Å². The van der Waals surface area contributed by atoms with Gasteiger partial charge in [-0.3, -0.25) is 0 Å². The molecule has 1 aliphatic heterocycles. The van der Waals surface area contributed by atoms with Crippen LogP contribution in [0.3, 0.4) is 0 Å². The number of nitrogens with zero attached hydrogens (tertiary/aromatic N) is 2. The third kappa shape index (κ3) is 4.35. The monoisotopic (exact) mass is 329 g/mol.